The molecule has 37 heavy (non-hydrogen) atoms. The number of aryl methyl sites for hydroxylation is 1. The Labute approximate surface area is 223 Å². The minimum absolute atomic E-state index is 0.0113. The van der Waals surface area contributed by atoms with Gasteiger partial charge in [-0.1, -0.05) is 35.9 Å². The highest BCUT2D eigenvalue weighted by Gasteiger charge is 2.74. The minimum Gasteiger partial charge on any atom is -0.396 e. The van der Waals surface area contributed by atoms with Crippen LogP contribution in [0.3, 0.4) is 0 Å². The highest BCUT2D eigenvalue weighted by molar-refractivity contribution is 6.34. The van der Waals surface area contributed by atoms with E-state index in [0.29, 0.717) is 42.9 Å². The van der Waals surface area contributed by atoms with E-state index in [1.54, 1.807) is 40.0 Å². The van der Waals surface area contributed by atoms with Crippen LogP contribution in [-0.4, -0.2) is 83.7 Å². The van der Waals surface area contributed by atoms with Crippen LogP contribution in [-0.2, 0) is 19.1 Å². The zero-order valence-corrected chi connectivity index (χ0v) is 22.3. The Morgan fingerprint density at radius 2 is 1.97 bits per heavy atom. The second-order valence-corrected chi connectivity index (χ2v) is 10.6. The molecule has 0 saturated carbocycles. The van der Waals surface area contributed by atoms with E-state index in [1.165, 1.54) is 0 Å². The number of hydrogen-bond donors (Lipinski definition) is 1. The predicted molar refractivity (Wildman–Crippen MR) is 142 cm³/mol. The van der Waals surface area contributed by atoms with Gasteiger partial charge in [-0.25, -0.2) is 0 Å². The number of likely N-dealkylation sites (N-methyl/N-ethyl adjacent to an activating group) is 1. The predicted octanol–water partition coefficient (Wildman–Crippen LogP) is 2.96. The fraction of sp³-hybridized carbons (Fsp3) is 0.536. The number of anilines is 1. The van der Waals surface area contributed by atoms with Crippen molar-refractivity contribution in [3.63, 3.8) is 0 Å². The van der Waals surface area contributed by atoms with Gasteiger partial charge in [-0.15, -0.1) is 13.2 Å². The summed E-state index contributed by atoms with van der Waals surface area (Å²) in [6.45, 7) is 10.3. The summed E-state index contributed by atoms with van der Waals surface area (Å²) in [6, 6.07) is 4.53. The van der Waals surface area contributed by atoms with Gasteiger partial charge >= 0.3 is 0 Å². The van der Waals surface area contributed by atoms with Crippen LogP contribution >= 0.6 is 11.6 Å². The standard InChI is InChI=1S/C28H36ClN3O5/c1-5-14-30(4)25(34)21-20-12-13-28(37-20)22(21)26(35)32(16-7-8-17-33)24(28)27(36)31(15-6-2)23-18(3)10-9-11-19(23)29/h5-6,9-11,20-22,24,33H,1-2,7-8,12-17H2,3-4H3/t20-,21+,22-,24?,28?/m0/s1. The topological polar surface area (TPSA) is 90.4 Å². The molecular weight excluding hydrogens is 494 g/mol. The first-order chi connectivity index (χ1) is 17.7. The zero-order valence-electron chi connectivity index (χ0n) is 21.6. The number of likely N-dealkylation sites (tertiary alicyclic amines) is 1. The van der Waals surface area contributed by atoms with E-state index in [-0.39, 0.29) is 37.4 Å². The number of halogens is 1. The molecule has 1 spiro atoms. The van der Waals surface area contributed by atoms with Gasteiger partial charge in [0.15, 0.2) is 0 Å². The number of rotatable bonds is 11. The quantitative estimate of drug-likeness (QED) is 0.351. The maximum absolute atomic E-state index is 14.5. The number of para-hydroxylation sites is 1. The molecule has 0 aliphatic carbocycles. The molecular formula is C28H36ClN3O5. The van der Waals surface area contributed by atoms with Crippen LogP contribution in [0.1, 0.15) is 31.2 Å². The van der Waals surface area contributed by atoms with Gasteiger partial charge in [0.1, 0.15) is 11.6 Å². The molecule has 1 aromatic carbocycles. The van der Waals surface area contributed by atoms with E-state index >= 15 is 0 Å². The fourth-order valence-electron chi connectivity index (χ4n) is 6.42. The van der Waals surface area contributed by atoms with Gasteiger partial charge in [0.05, 0.1) is 28.6 Å². The van der Waals surface area contributed by atoms with Crippen molar-refractivity contribution in [1.29, 1.82) is 0 Å². The summed E-state index contributed by atoms with van der Waals surface area (Å²) >= 11 is 6.57. The molecule has 5 atom stereocenters. The molecule has 1 N–H and O–H groups in total. The number of aliphatic hydroxyl groups is 1. The van der Waals surface area contributed by atoms with Gasteiger partial charge in [0.2, 0.25) is 11.8 Å². The number of ether oxygens (including phenoxy) is 1. The van der Waals surface area contributed by atoms with E-state index in [0.717, 1.165) is 5.56 Å². The van der Waals surface area contributed by atoms with Crippen LogP contribution in [0.4, 0.5) is 5.69 Å². The van der Waals surface area contributed by atoms with Gasteiger partial charge in [-0.3, -0.25) is 14.4 Å². The first-order valence-corrected chi connectivity index (χ1v) is 13.2. The molecule has 1 aromatic rings. The number of carbonyl (C=O) groups excluding carboxylic acids is 3. The van der Waals surface area contributed by atoms with E-state index in [2.05, 4.69) is 13.2 Å². The zero-order chi connectivity index (χ0) is 26.9. The third kappa shape index (κ3) is 4.49. The average molecular weight is 530 g/mol. The molecule has 9 heteroatoms. The second kappa shape index (κ2) is 11.0. The van der Waals surface area contributed by atoms with Crippen LogP contribution in [0.2, 0.25) is 5.02 Å². The Morgan fingerprint density at radius 3 is 2.62 bits per heavy atom. The summed E-state index contributed by atoms with van der Waals surface area (Å²) in [5, 5.41) is 9.78. The molecule has 3 heterocycles. The third-order valence-electron chi connectivity index (χ3n) is 7.94. The molecule has 3 amide bonds. The summed E-state index contributed by atoms with van der Waals surface area (Å²) in [6.07, 6.45) is 4.99. The SMILES string of the molecule is C=CCN(C)C(=O)[C@@H]1[C@@H]2CCC3(O2)C(C(=O)N(CC=C)c2c(C)cccc2Cl)N(CCCCO)C(=O)[C@H]13. The van der Waals surface area contributed by atoms with Crippen LogP contribution in [0.15, 0.2) is 43.5 Å². The van der Waals surface area contributed by atoms with Crippen LogP contribution in [0, 0.1) is 18.8 Å². The lowest BCUT2D eigenvalue weighted by Gasteiger charge is -2.37. The van der Waals surface area contributed by atoms with Crippen molar-refractivity contribution < 1.29 is 24.2 Å². The van der Waals surface area contributed by atoms with Crippen LogP contribution in [0.25, 0.3) is 0 Å². The number of amides is 3. The second-order valence-electron chi connectivity index (χ2n) is 10.2. The Morgan fingerprint density at radius 1 is 1.24 bits per heavy atom. The van der Waals surface area contributed by atoms with Crippen molar-refractivity contribution in [2.45, 2.75) is 50.4 Å². The van der Waals surface area contributed by atoms with E-state index in [4.69, 9.17) is 16.3 Å². The molecule has 200 valence electrons. The minimum atomic E-state index is -1.10. The number of unbranched alkanes of at least 4 members (excludes halogenated alkanes) is 1. The monoisotopic (exact) mass is 529 g/mol. The van der Waals surface area contributed by atoms with Gasteiger partial charge in [-0.2, -0.15) is 0 Å². The number of hydrogen-bond acceptors (Lipinski definition) is 5. The van der Waals surface area contributed by atoms with Gasteiger partial charge in [0.25, 0.3) is 5.91 Å². The third-order valence-corrected chi connectivity index (χ3v) is 8.25. The molecule has 4 rings (SSSR count). The number of nitrogens with zero attached hydrogens (tertiary/aromatic N) is 3. The highest BCUT2D eigenvalue weighted by Crippen LogP contribution is 2.59. The van der Waals surface area contributed by atoms with Gasteiger partial charge < -0.3 is 24.5 Å². The average Bonchev–Trinajstić information content (AvgIpc) is 3.50. The lowest BCUT2D eigenvalue weighted by atomic mass is 9.70. The molecule has 3 aliphatic heterocycles. The maximum Gasteiger partial charge on any atom is 0.253 e. The normalized spacial score (nSPS) is 27.8. The van der Waals surface area contributed by atoms with Crippen molar-refractivity contribution in [2.75, 3.05) is 38.2 Å². The lowest BCUT2D eigenvalue weighted by molar-refractivity contribution is -0.144. The largest absolute Gasteiger partial charge is 0.396 e. The molecule has 3 fully saturated rings. The first-order valence-electron chi connectivity index (χ1n) is 12.9. The molecule has 0 radical (unpaired) electrons. The summed E-state index contributed by atoms with van der Waals surface area (Å²) in [4.78, 5) is 46.6. The van der Waals surface area contributed by atoms with Gasteiger partial charge in [0, 0.05) is 33.3 Å². The molecule has 0 aromatic heterocycles. The highest BCUT2D eigenvalue weighted by atomic mass is 35.5. The van der Waals surface area contributed by atoms with Gasteiger partial charge in [-0.05, 0) is 44.2 Å². The van der Waals surface area contributed by atoms with Crippen molar-refractivity contribution in [2.24, 2.45) is 11.8 Å². The van der Waals surface area contributed by atoms with Crippen LogP contribution < -0.4 is 4.90 Å². The van der Waals surface area contributed by atoms with Crippen molar-refractivity contribution in [1.82, 2.24) is 9.80 Å². The number of benzene rings is 1. The number of fused-ring (bicyclic) bond motifs is 1. The lowest BCUT2D eigenvalue weighted by Crippen LogP contribution is -2.56. The summed E-state index contributed by atoms with van der Waals surface area (Å²) in [7, 11) is 1.69. The Balaban J connectivity index is 1.78. The summed E-state index contributed by atoms with van der Waals surface area (Å²) in [5.41, 5.74) is 0.299. The molecule has 3 saturated heterocycles. The van der Waals surface area contributed by atoms with Crippen molar-refractivity contribution in [3.05, 3.63) is 54.1 Å². The van der Waals surface area contributed by atoms with E-state index in [1.807, 2.05) is 19.1 Å². The summed E-state index contributed by atoms with van der Waals surface area (Å²) in [5.74, 6) is -2.10. The Hall–Kier alpha value is -2.68. The Kier molecular flexibility index (Phi) is 8.11. The maximum atomic E-state index is 14.5. The smallest absolute Gasteiger partial charge is 0.253 e. The molecule has 2 bridgehead atoms. The number of carbonyl (C=O) groups is 3. The van der Waals surface area contributed by atoms with Crippen molar-refractivity contribution in [3.8, 4) is 0 Å². The molecule has 2 unspecified atom stereocenters. The fourth-order valence-corrected chi connectivity index (χ4v) is 6.74. The van der Waals surface area contributed by atoms with E-state index in [9.17, 15) is 19.5 Å². The first kappa shape index (κ1) is 27.4. The molecule has 8 nitrogen and oxygen atoms in total. The summed E-state index contributed by atoms with van der Waals surface area (Å²) < 4.78 is 6.52. The van der Waals surface area contributed by atoms with Crippen molar-refractivity contribution >= 4 is 35.0 Å². The van der Waals surface area contributed by atoms with Crippen LogP contribution in [0.5, 0.6) is 0 Å². The number of aliphatic hydroxyl groups excluding tert-OH is 1. The Bertz CT molecular complexity index is 1070. The molecule has 3 aliphatic rings. The van der Waals surface area contributed by atoms with E-state index < -0.39 is 29.6 Å².